The Kier molecular flexibility index (Phi) is 4.93. The summed E-state index contributed by atoms with van der Waals surface area (Å²) in [6, 6.07) is 7.35. The average molecular weight is 281 g/mol. The van der Waals surface area contributed by atoms with E-state index in [1.807, 2.05) is 18.2 Å². The maximum Gasteiger partial charge on any atom is 0.261 e. The molecular weight excluding hydrogens is 264 g/mol. The Morgan fingerprint density at radius 1 is 1.32 bits per heavy atom. The first-order valence-electron chi connectivity index (χ1n) is 6.31. The summed E-state index contributed by atoms with van der Waals surface area (Å²) in [5, 5.41) is 0.642. The summed E-state index contributed by atoms with van der Waals surface area (Å²) in [6.45, 7) is 1.33. The predicted molar refractivity (Wildman–Crippen MR) is 76.7 cm³/mol. The number of benzene rings is 1. The van der Waals surface area contributed by atoms with Crippen molar-refractivity contribution in [2.24, 2.45) is 0 Å². The topological polar surface area (TPSA) is 44.1 Å². The van der Waals surface area contributed by atoms with Gasteiger partial charge in [0, 0.05) is 20.3 Å². The molecule has 0 aliphatic rings. The molecule has 0 bridgehead atoms. The van der Waals surface area contributed by atoms with Crippen molar-refractivity contribution < 1.29 is 4.74 Å². The number of fused-ring (bicyclic) bond motifs is 1. The molecule has 0 amide bonds. The first kappa shape index (κ1) is 14.0. The number of unbranched alkanes of at least 4 members (excludes halogenated alkanes) is 1. The lowest BCUT2D eigenvalue weighted by atomic mass is 10.2. The molecule has 0 spiro atoms. The minimum Gasteiger partial charge on any atom is -0.385 e. The van der Waals surface area contributed by atoms with E-state index in [4.69, 9.17) is 16.3 Å². The van der Waals surface area contributed by atoms with Crippen LogP contribution in [-0.2, 0) is 17.2 Å². The Hall–Kier alpha value is -1.39. The molecule has 1 heterocycles. The number of aromatic nitrogens is 2. The largest absolute Gasteiger partial charge is 0.385 e. The summed E-state index contributed by atoms with van der Waals surface area (Å²) in [5.74, 6) is 0.868. The van der Waals surface area contributed by atoms with Gasteiger partial charge in [0.05, 0.1) is 16.8 Å². The molecule has 0 saturated carbocycles. The number of rotatable bonds is 6. The van der Waals surface area contributed by atoms with Crippen LogP contribution in [0.3, 0.4) is 0 Å². The van der Waals surface area contributed by atoms with Crippen molar-refractivity contribution in [3.8, 4) is 0 Å². The number of ether oxygens (including phenoxy) is 1. The van der Waals surface area contributed by atoms with Gasteiger partial charge in [0.1, 0.15) is 5.82 Å². The summed E-state index contributed by atoms with van der Waals surface area (Å²) in [6.07, 6.45) is 1.79. The fourth-order valence-electron chi connectivity index (χ4n) is 2.06. The first-order valence-corrected chi connectivity index (χ1v) is 6.84. The Bertz CT molecular complexity index is 610. The van der Waals surface area contributed by atoms with Crippen LogP contribution in [0.2, 0.25) is 0 Å². The van der Waals surface area contributed by atoms with Gasteiger partial charge in [-0.3, -0.25) is 9.36 Å². The third-order valence-electron chi connectivity index (χ3n) is 3.04. The van der Waals surface area contributed by atoms with E-state index in [1.54, 1.807) is 17.7 Å². The van der Waals surface area contributed by atoms with E-state index in [1.165, 1.54) is 0 Å². The molecular formula is C14H17ClN2O2. The Balaban J connectivity index is 2.35. The van der Waals surface area contributed by atoms with E-state index in [-0.39, 0.29) is 11.4 Å². The molecule has 0 aliphatic heterocycles. The van der Waals surface area contributed by atoms with E-state index >= 15 is 0 Å². The third kappa shape index (κ3) is 3.14. The van der Waals surface area contributed by atoms with Crippen molar-refractivity contribution in [2.75, 3.05) is 13.7 Å². The van der Waals surface area contributed by atoms with Crippen LogP contribution >= 0.6 is 11.6 Å². The lowest BCUT2D eigenvalue weighted by molar-refractivity contribution is 0.191. The monoisotopic (exact) mass is 280 g/mol. The van der Waals surface area contributed by atoms with Crippen LogP contribution in [0.5, 0.6) is 0 Å². The summed E-state index contributed by atoms with van der Waals surface area (Å²) >= 11 is 5.90. The minimum atomic E-state index is -0.0151. The van der Waals surface area contributed by atoms with Crippen LogP contribution < -0.4 is 5.56 Å². The second-order valence-corrected chi connectivity index (χ2v) is 4.60. The summed E-state index contributed by atoms with van der Waals surface area (Å²) in [5.41, 5.74) is 0.690. The predicted octanol–water partition coefficient (Wildman–Crippen LogP) is 2.56. The zero-order chi connectivity index (χ0) is 13.7. The van der Waals surface area contributed by atoms with Crippen molar-refractivity contribution >= 4 is 22.5 Å². The van der Waals surface area contributed by atoms with Crippen molar-refractivity contribution in [2.45, 2.75) is 25.3 Å². The van der Waals surface area contributed by atoms with Gasteiger partial charge in [-0.05, 0) is 25.0 Å². The molecule has 1 aromatic carbocycles. The lowest BCUT2D eigenvalue weighted by Gasteiger charge is -2.11. The standard InChI is InChI=1S/C14H17ClN2O2/c1-19-9-5-4-8-17-13(10-15)16-12-7-3-2-6-11(12)14(17)18/h2-3,6-7H,4-5,8-10H2,1H3. The average Bonchev–Trinajstić information content (AvgIpc) is 2.45. The number of para-hydroxylation sites is 1. The molecule has 2 rings (SSSR count). The molecule has 1 aromatic heterocycles. The fraction of sp³-hybridized carbons (Fsp3) is 0.429. The van der Waals surface area contributed by atoms with Gasteiger partial charge < -0.3 is 4.74 Å². The van der Waals surface area contributed by atoms with E-state index in [9.17, 15) is 4.79 Å². The van der Waals surface area contributed by atoms with Gasteiger partial charge in [-0.15, -0.1) is 11.6 Å². The summed E-state index contributed by atoms with van der Waals surface area (Å²) < 4.78 is 6.68. The second-order valence-electron chi connectivity index (χ2n) is 4.34. The zero-order valence-electron chi connectivity index (χ0n) is 10.9. The number of nitrogens with zero attached hydrogens (tertiary/aromatic N) is 2. The molecule has 19 heavy (non-hydrogen) atoms. The van der Waals surface area contributed by atoms with Crippen LogP contribution in [0.1, 0.15) is 18.7 Å². The number of hydrogen-bond donors (Lipinski definition) is 0. The van der Waals surface area contributed by atoms with Crippen LogP contribution in [0.15, 0.2) is 29.1 Å². The van der Waals surface area contributed by atoms with Crippen molar-refractivity contribution in [1.82, 2.24) is 9.55 Å². The second kappa shape index (κ2) is 6.68. The molecule has 0 unspecified atom stereocenters. The normalized spacial score (nSPS) is 11.1. The fourth-order valence-corrected chi connectivity index (χ4v) is 2.27. The van der Waals surface area contributed by atoms with Gasteiger partial charge in [-0.1, -0.05) is 12.1 Å². The van der Waals surface area contributed by atoms with E-state index in [0.29, 0.717) is 29.9 Å². The Morgan fingerprint density at radius 2 is 2.11 bits per heavy atom. The number of alkyl halides is 1. The van der Waals surface area contributed by atoms with Crippen molar-refractivity contribution in [1.29, 1.82) is 0 Å². The quantitative estimate of drug-likeness (QED) is 0.603. The van der Waals surface area contributed by atoms with Crippen LogP contribution in [0.25, 0.3) is 10.9 Å². The van der Waals surface area contributed by atoms with Gasteiger partial charge in [-0.2, -0.15) is 0 Å². The molecule has 0 atom stereocenters. The van der Waals surface area contributed by atoms with Crippen LogP contribution in [0, 0.1) is 0 Å². The highest BCUT2D eigenvalue weighted by Gasteiger charge is 2.09. The SMILES string of the molecule is COCCCCn1c(CCl)nc2ccccc2c1=O. The molecule has 0 radical (unpaired) electrons. The summed E-state index contributed by atoms with van der Waals surface area (Å²) in [7, 11) is 1.67. The maximum atomic E-state index is 12.4. The highest BCUT2D eigenvalue weighted by atomic mass is 35.5. The van der Waals surface area contributed by atoms with Crippen molar-refractivity contribution in [3.05, 3.63) is 40.4 Å². The molecule has 0 saturated heterocycles. The van der Waals surface area contributed by atoms with Gasteiger partial charge in [0.2, 0.25) is 0 Å². The van der Waals surface area contributed by atoms with E-state index in [0.717, 1.165) is 12.8 Å². The number of hydrogen-bond acceptors (Lipinski definition) is 3. The number of halogens is 1. The number of methoxy groups -OCH3 is 1. The Labute approximate surface area is 117 Å². The zero-order valence-corrected chi connectivity index (χ0v) is 11.7. The smallest absolute Gasteiger partial charge is 0.261 e. The minimum absolute atomic E-state index is 0.0151. The highest BCUT2D eigenvalue weighted by molar-refractivity contribution is 6.16. The van der Waals surface area contributed by atoms with Crippen molar-refractivity contribution in [3.63, 3.8) is 0 Å². The summed E-state index contributed by atoms with van der Waals surface area (Å²) in [4.78, 5) is 16.9. The molecule has 0 N–H and O–H groups in total. The van der Waals surface area contributed by atoms with E-state index in [2.05, 4.69) is 4.98 Å². The van der Waals surface area contributed by atoms with Gasteiger partial charge >= 0.3 is 0 Å². The molecule has 0 aliphatic carbocycles. The van der Waals surface area contributed by atoms with Crippen LogP contribution in [0.4, 0.5) is 0 Å². The molecule has 0 fully saturated rings. The van der Waals surface area contributed by atoms with Crippen LogP contribution in [-0.4, -0.2) is 23.3 Å². The molecule has 5 heteroatoms. The van der Waals surface area contributed by atoms with E-state index < -0.39 is 0 Å². The molecule has 2 aromatic rings. The van der Waals surface area contributed by atoms with Gasteiger partial charge in [0.15, 0.2) is 0 Å². The third-order valence-corrected chi connectivity index (χ3v) is 3.28. The first-order chi connectivity index (χ1) is 9.27. The van der Waals surface area contributed by atoms with Gasteiger partial charge in [-0.25, -0.2) is 4.98 Å². The van der Waals surface area contributed by atoms with Gasteiger partial charge in [0.25, 0.3) is 5.56 Å². The maximum absolute atomic E-state index is 12.4. The molecule has 102 valence electrons. The lowest BCUT2D eigenvalue weighted by Crippen LogP contribution is -2.25. The Morgan fingerprint density at radius 3 is 2.84 bits per heavy atom. The highest BCUT2D eigenvalue weighted by Crippen LogP contribution is 2.10. The molecule has 4 nitrogen and oxygen atoms in total.